The fraction of sp³-hybridized carbons (Fsp3) is 0.836. The van der Waals surface area contributed by atoms with Crippen molar-refractivity contribution in [3.8, 4) is 0 Å². The van der Waals surface area contributed by atoms with Crippen molar-refractivity contribution in [1.82, 2.24) is 5.32 Å². The van der Waals surface area contributed by atoms with E-state index in [2.05, 4.69) is 67.8 Å². The Morgan fingerprint density at radius 2 is 0.827 bits per heavy atom. The van der Waals surface area contributed by atoms with Gasteiger partial charge < -0.3 is 65.1 Å². The molecule has 2 rings (SSSR count). The first-order chi connectivity index (χ1) is 39.6. The summed E-state index contributed by atoms with van der Waals surface area (Å²) in [7, 11) is 0. The standard InChI is InChI=1S/C67H121NO13/c1-3-5-7-9-11-13-15-17-19-21-22-23-24-25-26-27-28-29-30-31-32-33-34-35-37-39-41-43-45-47-49-51-59(72)68-55(56(71)50-48-46-44-42-40-38-36-20-18-16-14-12-10-8-6-4-2)54-78-66-64(77)62(75)65(58(53-70)80-66)81-67-63(76)61(74)60(73)57(52-69)79-67/h15,17-18,20-22,40,42,48,50,55-58,60-67,69-71,73-77H,3-14,16,19,23-39,41,43-47,49,51-54H2,1-2H3,(H,68,72)/b17-15-,20-18+,22-21-,42-40+,50-48+. The van der Waals surface area contributed by atoms with Gasteiger partial charge in [0.2, 0.25) is 5.91 Å². The van der Waals surface area contributed by atoms with Gasteiger partial charge in [-0.1, -0.05) is 242 Å². The zero-order valence-electron chi connectivity index (χ0n) is 51.0. The van der Waals surface area contributed by atoms with Crippen molar-refractivity contribution >= 4 is 5.91 Å². The molecule has 1 amide bonds. The van der Waals surface area contributed by atoms with Crippen LogP contribution in [0.2, 0.25) is 0 Å². The first-order valence-corrected chi connectivity index (χ1v) is 33.0. The van der Waals surface area contributed by atoms with Gasteiger partial charge >= 0.3 is 0 Å². The molecular weight excluding hydrogens is 1030 g/mol. The summed E-state index contributed by atoms with van der Waals surface area (Å²) in [5.74, 6) is -0.252. The number of nitrogens with one attached hydrogen (secondary N) is 1. The van der Waals surface area contributed by atoms with E-state index in [0.29, 0.717) is 12.8 Å². The van der Waals surface area contributed by atoms with Crippen molar-refractivity contribution in [1.29, 1.82) is 0 Å². The SMILES string of the molecule is CCCCCCC/C=C\C/C=C\CCCCCCCCCCCCCCCCCCCCCC(=O)NC(COC1OC(CO)C(OC2OC(CO)C(O)C(O)C2O)C(O)C1O)C(O)/C=C/CC/C=C/CC/C=C/CCCCCCCC. The number of allylic oxidation sites excluding steroid dienone is 9. The summed E-state index contributed by atoms with van der Waals surface area (Å²) >= 11 is 0. The third-order valence-electron chi connectivity index (χ3n) is 15.9. The average Bonchev–Trinajstić information content (AvgIpc) is 3.47. The number of amides is 1. The fourth-order valence-corrected chi connectivity index (χ4v) is 10.6. The average molecular weight is 1150 g/mol. The lowest BCUT2D eigenvalue weighted by atomic mass is 9.97. The van der Waals surface area contributed by atoms with Crippen LogP contribution in [0.5, 0.6) is 0 Å². The molecule has 0 aliphatic carbocycles. The molecule has 9 N–H and O–H groups in total. The molecule has 0 bridgehead atoms. The Kier molecular flexibility index (Phi) is 48.1. The molecule has 14 nitrogen and oxygen atoms in total. The lowest BCUT2D eigenvalue weighted by Crippen LogP contribution is -2.65. The normalized spacial score (nSPS) is 24.5. The lowest BCUT2D eigenvalue weighted by Gasteiger charge is -2.46. The van der Waals surface area contributed by atoms with Crippen LogP contribution in [-0.2, 0) is 23.7 Å². The summed E-state index contributed by atoms with van der Waals surface area (Å²) < 4.78 is 22.8. The minimum absolute atomic E-state index is 0.252. The molecule has 2 aliphatic heterocycles. The van der Waals surface area contributed by atoms with Gasteiger partial charge in [-0.25, -0.2) is 0 Å². The second-order valence-electron chi connectivity index (χ2n) is 23.2. The molecule has 472 valence electrons. The maximum absolute atomic E-state index is 13.3. The quantitative estimate of drug-likeness (QED) is 0.0204. The Balaban J connectivity index is 1.67. The van der Waals surface area contributed by atoms with Gasteiger partial charge in [-0.05, 0) is 77.0 Å². The van der Waals surface area contributed by atoms with Crippen molar-refractivity contribution in [2.75, 3.05) is 19.8 Å². The second-order valence-corrected chi connectivity index (χ2v) is 23.2. The van der Waals surface area contributed by atoms with E-state index in [-0.39, 0.29) is 18.9 Å². The lowest BCUT2D eigenvalue weighted by molar-refractivity contribution is -0.359. The zero-order valence-corrected chi connectivity index (χ0v) is 51.0. The van der Waals surface area contributed by atoms with Gasteiger partial charge in [0.25, 0.3) is 0 Å². The van der Waals surface area contributed by atoms with Crippen molar-refractivity contribution < 1.29 is 64.6 Å². The molecule has 12 atom stereocenters. The molecule has 2 saturated heterocycles. The molecule has 2 aliphatic rings. The Labute approximate surface area is 492 Å². The third kappa shape index (κ3) is 37.0. The maximum atomic E-state index is 13.3. The maximum Gasteiger partial charge on any atom is 0.220 e. The van der Waals surface area contributed by atoms with Gasteiger partial charge in [0.05, 0.1) is 32.0 Å². The molecule has 0 aromatic carbocycles. The number of hydrogen-bond acceptors (Lipinski definition) is 13. The van der Waals surface area contributed by atoms with Crippen molar-refractivity contribution in [3.05, 3.63) is 60.8 Å². The van der Waals surface area contributed by atoms with Gasteiger partial charge in [0.1, 0.15) is 48.8 Å². The minimum Gasteiger partial charge on any atom is -0.394 e. The predicted molar refractivity (Wildman–Crippen MR) is 327 cm³/mol. The second kappa shape index (κ2) is 52.1. The molecule has 14 heteroatoms. The molecule has 81 heavy (non-hydrogen) atoms. The van der Waals surface area contributed by atoms with E-state index in [0.717, 1.165) is 51.4 Å². The van der Waals surface area contributed by atoms with Crippen LogP contribution in [0.25, 0.3) is 0 Å². The van der Waals surface area contributed by atoms with Crippen molar-refractivity contribution in [2.45, 2.75) is 338 Å². The van der Waals surface area contributed by atoms with Crippen LogP contribution < -0.4 is 5.32 Å². The molecule has 2 fully saturated rings. The molecule has 0 aromatic rings. The Morgan fingerprint density at radius 3 is 1.28 bits per heavy atom. The molecule has 0 aromatic heterocycles. The summed E-state index contributed by atoms with van der Waals surface area (Å²) in [6, 6.07) is -0.938. The highest BCUT2D eigenvalue weighted by molar-refractivity contribution is 5.76. The van der Waals surface area contributed by atoms with E-state index in [1.165, 1.54) is 180 Å². The highest BCUT2D eigenvalue weighted by Gasteiger charge is 2.51. The van der Waals surface area contributed by atoms with E-state index in [4.69, 9.17) is 18.9 Å². The van der Waals surface area contributed by atoms with Crippen molar-refractivity contribution in [2.24, 2.45) is 0 Å². The Morgan fingerprint density at radius 1 is 0.444 bits per heavy atom. The van der Waals surface area contributed by atoms with Crippen LogP contribution in [-0.4, -0.2) is 140 Å². The molecule has 2 heterocycles. The number of rotatable bonds is 53. The van der Waals surface area contributed by atoms with Gasteiger partial charge in [-0.15, -0.1) is 0 Å². The van der Waals surface area contributed by atoms with Crippen molar-refractivity contribution in [3.63, 3.8) is 0 Å². The van der Waals surface area contributed by atoms with Gasteiger partial charge in [0, 0.05) is 6.42 Å². The monoisotopic (exact) mass is 1150 g/mol. The van der Waals surface area contributed by atoms with E-state index in [1.54, 1.807) is 6.08 Å². The predicted octanol–water partition coefficient (Wildman–Crippen LogP) is 12.5. The summed E-state index contributed by atoms with van der Waals surface area (Å²) in [6.07, 6.45) is 51.4. The molecule has 0 spiro atoms. The largest absolute Gasteiger partial charge is 0.394 e. The first-order valence-electron chi connectivity index (χ1n) is 33.0. The smallest absolute Gasteiger partial charge is 0.220 e. The number of aliphatic hydroxyl groups is 8. The van der Waals surface area contributed by atoms with E-state index in [9.17, 15) is 45.6 Å². The Bertz CT molecular complexity index is 1590. The van der Waals surface area contributed by atoms with Gasteiger partial charge in [-0.2, -0.15) is 0 Å². The summed E-state index contributed by atoms with van der Waals surface area (Å²) in [4.78, 5) is 13.3. The van der Waals surface area contributed by atoms with Gasteiger partial charge in [-0.3, -0.25) is 4.79 Å². The number of carbonyl (C=O) groups is 1. The van der Waals surface area contributed by atoms with E-state index >= 15 is 0 Å². The van der Waals surface area contributed by atoms with Crippen LogP contribution in [0.3, 0.4) is 0 Å². The van der Waals surface area contributed by atoms with E-state index in [1.807, 2.05) is 6.08 Å². The topological polar surface area (TPSA) is 228 Å². The zero-order chi connectivity index (χ0) is 58.8. The molecule has 0 radical (unpaired) electrons. The van der Waals surface area contributed by atoms with Gasteiger partial charge in [0.15, 0.2) is 12.6 Å². The van der Waals surface area contributed by atoms with Crippen LogP contribution in [0, 0.1) is 0 Å². The number of unbranched alkanes of at least 4 members (excludes halogenated alkanes) is 32. The van der Waals surface area contributed by atoms with Crippen LogP contribution in [0.15, 0.2) is 60.8 Å². The Hall–Kier alpha value is -2.31. The van der Waals surface area contributed by atoms with E-state index < -0.39 is 86.8 Å². The highest BCUT2D eigenvalue weighted by Crippen LogP contribution is 2.30. The number of ether oxygens (including phenoxy) is 4. The number of carbonyl (C=O) groups excluding carboxylic acids is 1. The summed E-state index contributed by atoms with van der Waals surface area (Å²) in [5, 5.41) is 87.2. The number of aliphatic hydroxyl groups excluding tert-OH is 8. The third-order valence-corrected chi connectivity index (χ3v) is 15.9. The highest BCUT2D eigenvalue weighted by atomic mass is 16.7. The first kappa shape index (κ1) is 74.8. The molecule has 12 unspecified atom stereocenters. The number of hydrogen-bond donors (Lipinski definition) is 9. The fourth-order valence-electron chi connectivity index (χ4n) is 10.6. The minimum atomic E-state index is -1.79. The molecule has 0 saturated carbocycles. The van der Waals surface area contributed by atoms with Crippen LogP contribution >= 0.6 is 0 Å². The van der Waals surface area contributed by atoms with Crippen LogP contribution in [0.4, 0.5) is 0 Å². The summed E-state index contributed by atoms with van der Waals surface area (Å²) in [5.41, 5.74) is 0. The molecular formula is C67H121NO13. The van der Waals surface area contributed by atoms with Crippen LogP contribution in [0.1, 0.15) is 264 Å². The summed E-state index contributed by atoms with van der Waals surface area (Å²) in [6.45, 7) is 2.77.